The van der Waals surface area contributed by atoms with E-state index < -0.39 is 73.9 Å². The quantitative estimate of drug-likeness (QED) is 0.126. The van der Waals surface area contributed by atoms with Gasteiger partial charge in [-0.1, -0.05) is 60.1 Å². The summed E-state index contributed by atoms with van der Waals surface area (Å²) in [4.78, 5) is 13.6. The minimum absolute atomic E-state index is 0.00562. The maximum atomic E-state index is 13.6. The fraction of sp³-hybridized carbons (Fsp3) is 0.929. The van der Waals surface area contributed by atoms with Crippen LogP contribution in [0.4, 0.5) is 0 Å². The van der Waals surface area contributed by atoms with Crippen molar-refractivity contribution in [1.29, 1.82) is 0 Å². The number of hydrogen-bond donors (Lipinski definition) is 6. The number of aliphatic hydroxyl groups is 6. The van der Waals surface area contributed by atoms with E-state index in [1.807, 2.05) is 0 Å². The molecular formula is C42H68O12. The molecule has 0 aromatic heterocycles. The molecule has 0 aromatic rings. The van der Waals surface area contributed by atoms with E-state index in [1.54, 1.807) is 7.11 Å². The van der Waals surface area contributed by atoms with Crippen LogP contribution in [0.3, 0.4) is 0 Å². The van der Waals surface area contributed by atoms with E-state index in [4.69, 9.17) is 23.7 Å². The van der Waals surface area contributed by atoms with Crippen LogP contribution >= 0.6 is 0 Å². The number of fused-ring (bicyclic) bond motifs is 7. The van der Waals surface area contributed by atoms with Gasteiger partial charge in [0.1, 0.15) is 42.7 Å². The maximum Gasteiger partial charge on any atom is 0.312 e. The molecule has 0 spiro atoms. The Hall–Kier alpha value is -1.19. The summed E-state index contributed by atoms with van der Waals surface area (Å²) in [5, 5.41) is 63.0. The average Bonchev–Trinajstić information content (AvgIpc) is 3.39. The standard InChI is InChI=1S/C42H68O12/c1-37(2)15-17-42(36(49)50-8)18-16-40(6)22(23(42)19-37)9-10-27-39(5)13-12-28(38(3,4)26(39)11-14-41(27,40)7)53-35-32(48)33(30(46)25(21-44)52-35)54-34-31(47)29(45)24(20-43)51-34/h9,23-35,43-48H,10-21H2,1-8H3/t23-,24+,25-,26+,27-,28+,29-,30+,31+,32-,33+,34+,35+,39+,40-,41-,42+/m1/s1. The summed E-state index contributed by atoms with van der Waals surface area (Å²) < 4.78 is 29.5. The van der Waals surface area contributed by atoms with E-state index in [0.717, 1.165) is 64.2 Å². The summed E-state index contributed by atoms with van der Waals surface area (Å²) in [6, 6.07) is 0. The average molecular weight is 765 g/mol. The van der Waals surface area contributed by atoms with Gasteiger partial charge in [-0.05, 0) is 109 Å². The van der Waals surface area contributed by atoms with Gasteiger partial charge >= 0.3 is 5.97 Å². The zero-order valence-electron chi connectivity index (χ0n) is 33.7. The molecule has 4 saturated carbocycles. The first-order chi connectivity index (χ1) is 25.2. The number of esters is 1. The van der Waals surface area contributed by atoms with E-state index in [1.165, 1.54) is 5.57 Å². The second-order valence-corrected chi connectivity index (χ2v) is 20.4. The van der Waals surface area contributed by atoms with Crippen LogP contribution < -0.4 is 0 Å². The minimum Gasteiger partial charge on any atom is -0.469 e. The molecule has 0 bridgehead atoms. The normalized spacial score (nSPS) is 52.3. The van der Waals surface area contributed by atoms with Gasteiger partial charge in [-0.25, -0.2) is 0 Å². The Labute approximate surface area is 320 Å². The predicted octanol–water partition coefficient (Wildman–Crippen LogP) is 3.61. The molecule has 7 rings (SSSR count). The van der Waals surface area contributed by atoms with E-state index >= 15 is 0 Å². The van der Waals surface area contributed by atoms with Crippen LogP contribution in [0.5, 0.6) is 0 Å². The van der Waals surface area contributed by atoms with Crippen LogP contribution in [0.25, 0.3) is 0 Å². The largest absolute Gasteiger partial charge is 0.469 e. The molecule has 54 heavy (non-hydrogen) atoms. The summed E-state index contributed by atoms with van der Waals surface area (Å²) in [5.41, 5.74) is 0.920. The lowest BCUT2D eigenvalue weighted by Gasteiger charge is -2.71. The van der Waals surface area contributed by atoms with E-state index in [2.05, 4.69) is 54.5 Å². The molecule has 5 aliphatic carbocycles. The van der Waals surface area contributed by atoms with Gasteiger partial charge in [0.25, 0.3) is 0 Å². The lowest BCUT2D eigenvalue weighted by Crippen LogP contribution is -2.66. The first-order valence-electron chi connectivity index (χ1n) is 20.6. The van der Waals surface area contributed by atoms with Crippen molar-refractivity contribution >= 4 is 5.97 Å². The zero-order chi connectivity index (χ0) is 39.4. The van der Waals surface area contributed by atoms with Crippen molar-refractivity contribution in [3.8, 4) is 0 Å². The molecule has 308 valence electrons. The monoisotopic (exact) mass is 764 g/mol. The van der Waals surface area contributed by atoms with Crippen LogP contribution in [-0.4, -0.2) is 118 Å². The van der Waals surface area contributed by atoms with Crippen molar-refractivity contribution < 1.29 is 59.1 Å². The van der Waals surface area contributed by atoms with Crippen molar-refractivity contribution in [2.24, 2.45) is 50.2 Å². The number of carbonyl (C=O) groups is 1. The molecule has 17 atom stereocenters. The highest BCUT2D eigenvalue weighted by Gasteiger charge is 2.70. The molecule has 2 aliphatic heterocycles. The van der Waals surface area contributed by atoms with Crippen LogP contribution in [0.15, 0.2) is 11.6 Å². The van der Waals surface area contributed by atoms with Crippen molar-refractivity contribution in [1.82, 2.24) is 0 Å². The molecule has 0 amide bonds. The fourth-order valence-corrected chi connectivity index (χ4v) is 13.7. The first kappa shape index (κ1) is 41.0. The second kappa shape index (κ2) is 14.0. The third-order valence-electron chi connectivity index (χ3n) is 17.1. The molecule has 2 heterocycles. The van der Waals surface area contributed by atoms with Gasteiger partial charge in [-0.15, -0.1) is 0 Å². The minimum atomic E-state index is -1.52. The Morgan fingerprint density at radius 1 is 0.759 bits per heavy atom. The van der Waals surface area contributed by atoms with Crippen molar-refractivity contribution in [3.63, 3.8) is 0 Å². The lowest BCUT2D eigenvalue weighted by atomic mass is 9.33. The van der Waals surface area contributed by atoms with Crippen LogP contribution in [0, 0.1) is 50.2 Å². The Bertz CT molecular complexity index is 1450. The highest BCUT2D eigenvalue weighted by Crippen LogP contribution is 2.76. The van der Waals surface area contributed by atoms with Gasteiger partial charge in [-0.3, -0.25) is 4.79 Å². The number of ether oxygens (including phenoxy) is 5. The number of aliphatic hydroxyl groups excluding tert-OH is 6. The SMILES string of the molecule is COC(=O)[C@]12CCC(C)(C)C[C@@H]1C1=CC[C@@H]3[C@@]4(C)CC[C@H](O[C@@H]5O[C@H](CO)[C@H](O)[C@H](O[C@@H]6O[C@@H](CO)[C@@H](O)[C@@H]6O)[C@H]5O)C(C)(C)[C@@H]4CC[C@@]3(C)[C@]1(C)CC2. The molecule has 2 saturated heterocycles. The lowest BCUT2D eigenvalue weighted by molar-refractivity contribution is -0.349. The van der Waals surface area contributed by atoms with Crippen LogP contribution in [-0.2, 0) is 28.5 Å². The van der Waals surface area contributed by atoms with E-state index in [0.29, 0.717) is 11.8 Å². The topological polar surface area (TPSA) is 185 Å². The molecule has 0 radical (unpaired) electrons. The Kier molecular flexibility index (Phi) is 10.6. The molecule has 6 fully saturated rings. The molecule has 0 aromatic carbocycles. The second-order valence-electron chi connectivity index (χ2n) is 20.4. The van der Waals surface area contributed by atoms with Gasteiger partial charge in [0.15, 0.2) is 12.6 Å². The van der Waals surface area contributed by atoms with Crippen molar-refractivity contribution in [2.45, 2.75) is 174 Å². The molecule has 0 unspecified atom stereocenters. The van der Waals surface area contributed by atoms with Crippen molar-refractivity contribution in [3.05, 3.63) is 11.6 Å². The van der Waals surface area contributed by atoms with Gasteiger partial charge in [-0.2, -0.15) is 0 Å². The Morgan fingerprint density at radius 3 is 2.02 bits per heavy atom. The van der Waals surface area contributed by atoms with Crippen molar-refractivity contribution in [2.75, 3.05) is 20.3 Å². The van der Waals surface area contributed by atoms with Crippen LogP contribution in [0.1, 0.15) is 113 Å². The Morgan fingerprint density at radius 2 is 1.39 bits per heavy atom. The van der Waals surface area contributed by atoms with Gasteiger partial charge in [0, 0.05) is 0 Å². The van der Waals surface area contributed by atoms with E-state index in [-0.39, 0.29) is 45.1 Å². The first-order valence-corrected chi connectivity index (χ1v) is 20.6. The van der Waals surface area contributed by atoms with Gasteiger partial charge in [0.2, 0.25) is 0 Å². The van der Waals surface area contributed by atoms with Gasteiger partial charge in [0.05, 0.1) is 31.8 Å². The summed E-state index contributed by atoms with van der Waals surface area (Å²) in [7, 11) is 1.55. The number of rotatable bonds is 7. The van der Waals surface area contributed by atoms with Gasteiger partial charge < -0.3 is 54.3 Å². The Balaban J connectivity index is 1.12. The fourth-order valence-electron chi connectivity index (χ4n) is 13.7. The molecule has 12 heteroatoms. The highest BCUT2D eigenvalue weighted by molar-refractivity contribution is 5.78. The number of carbonyl (C=O) groups excluding carboxylic acids is 1. The summed E-state index contributed by atoms with van der Waals surface area (Å²) in [6.45, 7) is 15.6. The molecule has 12 nitrogen and oxygen atoms in total. The number of methoxy groups -OCH3 is 1. The maximum absolute atomic E-state index is 13.6. The third-order valence-corrected chi connectivity index (χ3v) is 17.1. The summed E-state index contributed by atoms with van der Waals surface area (Å²) in [5.74, 6) is 0.895. The van der Waals surface area contributed by atoms with E-state index in [9.17, 15) is 35.4 Å². The third kappa shape index (κ3) is 5.93. The zero-order valence-corrected chi connectivity index (χ0v) is 33.7. The number of allylic oxidation sites excluding steroid dienone is 2. The van der Waals surface area contributed by atoms with Crippen LogP contribution in [0.2, 0.25) is 0 Å². The molecular weight excluding hydrogens is 696 g/mol. The summed E-state index contributed by atoms with van der Waals surface area (Å²) in [6.07, 6.45) is -0.474. The molecule has 7 aliphatic rings. The predicted molar refractivity (Wildman–Crippen MR) is 196 cm³/mol. The number of hydrogen-bond acceptors (Lipinski definition) is 12. The molecule has 6 N–H and O–H groups in total. The highest BCUT2D eigenvalue weighted by atomic mass is 16.7. The smallest absolute Gasteiger partial charge is 0.312 e. The summed E-state index contributed by atoms with van der Waals surface area (Å²) >= 11 is 0.